The van der Waals surface area contributed by atoms with Crippen LogP contribution >= 0.6 is 0 Å². The van der Waals surface area contributed by atoms with Crippen LogP contribution in [-0.2, 0) is 16.8 Å². The van der Waals surface area contributed by atoms with Gasteiger partial charge >= 0.3 is 16.8 Å². The summed E-state index contributed by atoms with van der Waals surface area (Å²) < 4.78 is 0. The average Bonchev–Trinajstić information content (AvgIpc) is 2.98. The second kappa shape index (κ2) is 18.8. The van der Waals surface area contributed by atoms with Crippen LogP contribution in [0.5, 0.6) is 34.5 Å². The molecule has 0 saturated heterocycles. The van der Waals surface area contributed by atoms with E-state index in [1.807, 2.05) is 0 Å². The zero-order valence-electron chi connectivity index (χ0n) is 23.0. The number of aliphatic hydroxyl groups is 1. The fourth-order valence-corrected chi connectivity index (χ4v) is 3.03. The van der Waals surface area contributed by atoms with Gasteiger partial charge in [-0.25, -0.2) is 5.43 Å². The molecule has 0 radical (unpaired) electrons. The third-order valence-electron chi connectivity index (χ3n) is 5.05. The molecule has 0 aromatic heterocycles. The normalized spacial score (nSPS) is 10.6. The zero-order valence-corrected chi connectivity index (χ0v) is 24.0. The molecule has 4 aromatic carbocycles. The minimum atomic E-state index is -0.730. The van der Waals surface area contributed by atoms with Crippen molar-refractivity contribution in [2.75, 3.05) is 6.61 Å². The van der Waals surface area contributed by atoms with Gasteiger partial charge in [0.2, 0.25) is 0 Å². The maximum atomic E-state index is 11.7. The Hall–Kier alpha value is -5.57. The smallest absolute Gasteiger partial charge is 0.870 e. The number of aromatic hydroxyl groups is 4. The number of phenols is 4. The van der Waals surface area contributed by atoms with E-state index in [-0.39, 0.29) is 62.9 Å². The van der Waals surface area contributed by atoms with E-state index in [0.717, 1.165) is 12.4 Å². The van der Waals surface area contributed by atoms with Crippen LogP contribution < -0.4 is 20.7 Å². The average molecular weight is 646 g/mol. The Labute approximate surface area is 262 Å². The Morgan fingerprint density at radius 2 is 1.16 bits per heavy atom. The number of carbonyl (C=O) groups excluding carboxylic acids is 1. The molecule has 0 bridgehead atoms. The predicted molar refractivity (Wildman–Crippen MR) is 153 cm³/mol. The van der Waals surface area contributed by atoms with Crippen LogP contribution in [0.4, 0.5) is 0 Å². The molecule has 0 fully saturated rings. The number of carbonyl (C=O) groups is 1. The van der Waals surface area contributed by atoms with E-state index in [4.69, 9.17) is 5.11 Å². The summed E-state index contributed by atoms with van der Waals surface area (Å²) in [6.07, 6.45) is 2.19. The Balaban J connectivity index is 0.000000396. The number of amides is 1. The van der Waals surface area contributed by atoms with Gasteiger partial charge in [0.05, 0.1) is 18.0 Å². The number of nitrogens with one attached hydrogen (secondary N) is 1. The van der Waals surface area contributed by atoms with Crippen molar-refractivity contribution in [1.29, 1.82) is 0 Å². The van der Waals surface area contributed by atoms with Crippen molar-refractivity contribution in [2.24, 2.45) is 15.3 Å². The van der Waals surface area contributed by atoms with E-state index in [0.29, 0.717) is 0 Å². The third kappa shape index (κ3) is 11.0. The molecular formula is C30H27CoN4O9. The fourth-order valence-electron chi connectivity index (χ4n) is 3.03. The van der Waals surface area contributed by atoms with Crippen LogP contribution in [0.25, 0.3) is 0 Å². The molecule has 0 aliphatic carbocycles. The maximum absolute atomic E-state index is 11.7. The zero-order chi connectivity index (χ0) is 31.8. The number of hydrogen-bond donors (Lipinski definition) is 6. The minimum Gasteiger partial charge on any atom is -0.870 e. The van der Waals surface area contributed by atoms with E-state index in [1.54, 1.807) is 31.2 Å². The second-order valence-electron chi connectivity index (χ2n) is 8.09. The largest absolute Gasteiger partial charge is 3.00 e. The Morgan fingerprint density at radius 1 is 0.727 bits per heavy atom. The summed E-state index contributed by atoms with van der Waals surface area (Å²) in [5, 5.41) is 90.0. The molecule has 6 N–H and O–H groups in total. The number of hydrogen-bond acceptors (Lipinski definition) is 12. The molecule has 0 unspecified atom stereocenters. The van der Waals surface area contributed by atoms with Crippen LogP contribution in [0.3, 0.4) is 0 Å². The first-order valence-electron chi connectivity index (χ1n) is 12.4. The molecule has 13 nitrogen and oxygen atoms in total. The van der Waals surface area contributed by atoms with Gasteiger partial charge in [-0.3, -0.25) is 4.79 Å². The van der Waals surface area contributed by atoms with Gasteiger partial charge in [-0.15, -0.1) is 0 Å². The van der Waals surface area contributed by atoms with Crippen molar-refractivity contribution in [1.82, 2.24) is 5.43 Å². The maximum Gasteiger partial charge on any atom is 3.00 e. The summed E-state index contributed by atoms with van der Waals surface area (Å²) >= 11 is 0. The number of phenolic OH excluding ortho intramolecular Hbond substituents is 4. The Bertz CT molecular complexity index is 1610. The van der Waals surface area contributed by atoms with Crippen molar-refractivity contribution >= 4 is 24.2 Å². The predicted octanol–water partition coefficient (Wildman–Crippen LogP) is 1.24. The number of para-hydroxylation sites is 4. The Kier molecular flexibility index (Phi) is 15.6. The minimum absolute atomic E-state index is 0. The van der Waals surface area contributed by atoms with Gasteiger partial charge in [0.25, 0.3) is 5.91 Å². The number of benzene rings is 4. The third-order valence-corrected chi connectivity index (χ3v) is 5.05. The summed E-state index contributed by atoms with van der Waals surface area (Å²) in [5.74, 6) is -3.66. The van der Waals surface area contributed by atoms with Crippen molar-refractivity contribution in [2.45, 2.75) is 6.92 Å². The van der Waals surface area contributed by atoms with E-state index in [1.165, 1.54) is 60.7 Å². The van der Waals surface area contributed by atoms with E-state index < -0.39 is 29.1 Å². The molecule has 1 amide bonds. The van der Waals surface area contributed by atoms with Crippen molar-refractivity contribution in [3.05, 3.63) is 107 Å². The summed E-state index contributed by atoms with van der Waals surface area (Å²) in [7, 11) is 0. The molecule has 230 valence electrons. The molecule has 0 aliphatic heterocycles. The van der Waals surface area contributed by atoms with Gasteiger partial charge < -0.3 is 40.9 Å². The first-order chi connectivity index (χ1) is 20.6. The first kappa shape index (κ1) is 36.5. The molecule has 0 aliphatic rings. The molecule has 0 spiro atoms. The summed E-state index contributed by atoms with van der Waals surface area (Å²) in [6, 6.07) is 20.3. The number of nitrogens with zero attached hydrogens (tertiary/aromatic N) is 3. The van der Waals surface area contributed by atoms with Gasteiger partial charge in [0.15, 0.2) is 0 Å². The molecule has 44 heavy (non-hydrogen) atoms. The second-order valence-corrected chi connectivity index (χ2v) is 8.09. The van der Waals surface area contributed by atoms with Gasteiger partial charge in [0.1, 0.15) is 23.0 Å². The molecule has 0 saturated carbocycles. The van der Waals surface area contributed by atoms with E-state index in [2.05, 4.69) is 20.7 Å². The monoisotopic (exact) mass is 646 g/mol. The van der Waals surface area contributed by atoms with Crippen molar-refractivity contribution in [3.8, 4) is 34.5 Å². The van der Waals surface area contributed by atoms with Crippen LogP contribution in [0.2, 0.25) is 0 Å². The van der Waals surface area contributed by atoms with Gasteiger partial charge in [-0.05, 0) is 48.4 Å². The van der Waals surface area contributed by atoms with Crippen LogP contribution in [0.15, 0.2) is 100 Å². The summed E-state index contributed by atoms with van der Waals surface area (Å²) in [5.41, 5.74) is 2.52. The van der Waals surface area contributed by atoms with Crippen molar-refractivity contribution in [3.63, 3.8) is 0 Å². The topological polar surface area (TPSA) is 237 Å². The molecular weight excluding hydrogens is 619 g/mol. The van der Waals surface area contributed by atoms with Crippen LogP contribution in [0, 0.1) is 0 Å². The van der Waals surface area contributed by atoms with Gasteiger partial charge in [-0.1, -0.05) is 66.1 Å². The Morgan fingerprint density at radius 3 is 1.66 bits per heavy atom. The first-order valence-corrected chi connectivity index (χ1v) is 12.4. The molecule has 0 atom stereocenters. The number of rotatable bonds is 6. The van der Waals surface area contributed by atoms with E-state index in [9.17, 15) is 40.5 Å². The van der Waals surface area contributed by atoms with Gasteiger partial charge in [0, 0.05) is 18.1 Å². The standard InChI is InChI=1S/2C14H12N2O4.C2H6O.Co/c2*17-11-6-2-1-5-10(11)14(20)16-15-8-9-4-3-7-12(18)13(9)19;1-2-3;/h2*1-8,17-19H,(H,16,20);3H,2H2,1H3;/q;;;+3/p-3/b2*15-8+;;. The molecule has 0 heterocycles. The number of aliphatic hydroxyl groups excluding tert-OH is 1. The summed E-state index contributed by atoms with van der Waals surface area (Å²) in [4.78, 5) is 11.7. The van der Waals surface area contributed by atoms with Crippen molar-refractivity contribution < 1.29 is 62.4 Å². The quantitative estimate of drug-likeness (QED) is 0.100. The van der Waals surface area contributed by atoms with Crippen LogP contribution in [0.1, 0.15) is 34.0 Å². The molecule has 4 aromatic rings. The van der Waals surface area contributed by atoms with Crippen LogP contribution in [-0.4, -0.2) is 56.4 Å². The summed E-state index contributed by atoms with van der Waals surface area (Å²) in [6.45, 7) is 1.93. The van der Waals surface area contributed by atoms with Gasteiger partial charge in [-0.2, -0.15) is 15.3 Å². The van der Waals surface area contributed by atoms with E-state index >= 15 is 0 Å². The molecule has 14 heteroatoms. The number of hydrazone groups is 1. The SMILES string of the molecule is CCO.O=C(N/N=C/c1cccc(O)c1[O-])c1ccccc1O.[Co+3].[O-]/C(=N\N=C\c1cccc(O)c1[O-])c1ccccc1O. The fraction of sp³-hybridized carbons (Fsp3) is 0.0667. The molecule has 4 rings (SSSR count).